The normalized spacial score (nSPS) is 13.2. The standard InChI is InChI=1S/C16H16ClFN2O4/c17-11-6-12(15(18)19-7-11)14(22)13(21)8-20-16(23)24-9-10-4-2-1-3-5-10/h1-7,13-14,21-22H,8-9H2,(H,20,23). The van der Waals surface area contributed by atoms with Crippen molar-refractivity contribution in [2.75, 3.05) is 6.54 Å². The van der Waals surface area contributed by atoms with Gasteiger partial charge < -0.3 is 20.3 Å². The van der Waals surface area contributed by atoms with Gasteiger partial charge in [0.05, 0.1) is 5.02 Å². The van der Waals surface area contributed by atoms with Crippen LogP contribution in [0, 0.1) is 5.95 Å². The third-order valence-corrected chi connectivity index (χ3v) is 3.39. The Hall–Kier alpha value is -2.22. The van der Waals surface area contributed by atoms with E-state index in [0.717, 1.165) is 17.8 Å². The van der Waals surface area contributed by atoms with Crippen molar-refractivity contribution in [2.24, 2.45) is 0 Å². The average molecular weight is 355 g/mol. The number of carbonyl (C=O) groups is 1. The molecule has 2 unspecified atom stereocenters. The van der Waals surface area contributed by atoms with Gasteiger partial charge in [0.25, 0.3) is 0 Å². The number of aliphatic hydroxyl groups excluding tert-OH is 2. The van der Waals surface area contributed by atoms with Gasteiger partial charge >= 0.3 is 6.09 Å². The Balaban J connectivity index is 1.82. The number of ether oxygens (including phenoxy) is 1. The van der Waals surface area contributed by atoms with Crippen LogP contribution in [0.3, 0.4) is 0 Å². The van der Waals surface area contributed by atoms with E-state index in [1.54, 1.807) is 12.1 Å². The Kier molecular flexibility index (Phi) is 6.48. The van der Waals surface area contributed by atoms with Crippen molar-refractivity contribution in [1.82, 2.24) is 10.3 Å². The molecule has 1 aromatic carbocycles. The maximum Gasteiger partial charge on any atom is 0.407 e. The number of nitrogens with one attached hydrogen (secondary N) is 1. The predicted octanol–water partition coefficient (Wildman–Crippen LogP) is 2.19. The van der Waals surface area contributed by atoms with Crippen molar-refractivity contribution < 1.29 is 24.1 Å². The van der Waals surface area contributed by atoms with Crippen LogP contribution in [0.2, 0.25) is 5.02 Å². The summed E-state index contributed by atoms with van der Waals surface area (Å²) in [5, 5.41) is 22.2. The molecule has 8 heteroatoms. The highest BCUT2D eigenvalue weighted by molar-refractivity contribution is 6.30. The summed E-state index contributed by atoms with van der Waals surface area (Å²) in [7, 11) is 0. The zero-order valence-corrected chi connectivity index (χ0v) is 13.3. The summed E-state index contributed by atoms with van der Waals surface area (Å²) in [5.74, 6) is -0.947. The lowest BCUT2D eigenvalue weighted by atomic mass is 10.1. The first kappa shape index (κ1) is 18.1. The second kappa shape index (κ2) is 8.58. The average Bonchev–Trinajstić information content (AvgIpc) is 2.60. The highest BCUT2D eigenvalue weighted by Crippen LogP contribution is 2.22. The minimum atomic E-state index is -1.59. The van der Waals surface area contributed by atoms with Crippen LogP contribution in [0.25, 0.3) is 0 Å². The largest absolute Gasteiger partial charge is 0.445 e. The van der Waals surface area contributed by atoms with Crippen LogP contribution in [0.1, 0.15) is 17.2 Å². The molecule has 0 bridgehead atoms. The van der Waals surface area contributed by atoms with Crippen LogP contribution in [0.5, 0.6) is 0 Å². The number of alkyl carbamates (subject to hydrolysis) is 1. The molecule has 0 saturated carbocycles. The molecule has 0 saturated heterocycles. The summed E-state index contributed by atoms with van der Waals surface area (Å²) >= 11 is 5.68. The second-order valence-corrected chi connectivity index (χ2v) is 5.42. The van der Waals surface area contributed by atoms with E-state index in [2.05, 4.69) is 10.3 Å². The van der Waals surface area contributed by atoms with E-state index in [9.17, 15) is 19.4 Å². The highest BCUT2D eigenvalue weighted by atomic mass is 35.5. The predicted molar refractivity (Wildman–Crippen MR) is 84.8 cm³/mol. The molecule has 1 aromatic heterocycles. The zero-order chi connectivity index (χ0) is 17.5. The van der Waals surface area contributed by atoms with Gasteiger partial charge in [-0.3, -0.25) is 0 Å². The smallest absolute Gasteiger partial charge is 0.407 e. The molecule has 2 rings (SSSR count). The Morgan fingerprint density at radius 3 is 2.75 bits per heavy atom. The Labute approximate surface area is 142 Å². The summed E-state index contributed by atoms with van der Waals surface area (Å²) < 4.78 is 18.5. The molecule has 1 heterocycles. The highest BCUT2D eigenvalue weighted by Gasteiger charge is 2.23. The number of halogens is 2. The fraction of sp³-hybridized carbons (Fsp3) is 0.250. The van der Waals surface area contributed by atoms with Crippen molar-refractivity contribution in [2.45, 2.75) is 18.8 Å². The SMILES string of the molecule is O=C(NCC(O)C(O)c1cc(Cl)cnc1F)OCc1ccccc1. The van der Waals surface area contributed by atoms with Gasteiger partial charge in [-0.15, -0.1) is 0 Å². The second-order valence-electron chi connectivity index (χ2n) is 4.99. The first-order valence-electron chi connectivity index (χ1n) is 7.09. The van der Waals surface area contributed by atoms with Crippen LogP contribution >= 0.6 is 11.6 Å². The van der Waals surface area contributed by atoms with Crippen molar-refractivity contribution in [3.8, 4) is 0 Å². The number of pyridine rings is 1. The van der Waals surface area contributed by atoms with Gasteiger partial charge in [0.1, 0.15) is 18.8 Å². The first-order chi connectivity index (χ1) is 11.5. The van der Waals surface area contributed by atoms with E-state index in [1.165, 1.54) is 0 Å². The van der Waals surface area contributed by atoms with Crippen molar-refractivity contribution in [3.05, 3.63) is 64.7 Å². The number of aliphatic hydroxyl groups is 2. The van der Waals surface area contributed by atoms with Gasteiger partial charge in [0.2, 0.25) is 5.95 Å². The lowest BCUT2D eigenvalue weighted by Crippen LogP contribution is -2.36. The van der Waals surface area contributed by atoms with E-state index in [1.807, 2.05) is 18.2 Å². The van der Waals surface area contributed by atoms with Crippen molar-refractivity contribution in [1.29, 1.82) is 0 Å². The van der Waals surface area contributed by atoms with Gasteiger partial charge in [0, 0.05) is 18.3 Å². The number of amides is 1. The number of nitrogens with zero attached hydrogens (tertiary/aromatic N) is 1. The molecule has 1 amide bonds. The van der Waals surface area contributed by atoms with Crippen LogP contribution in [-0.4, -0.2) is 33.9 Å². The third kappa shape index (κ3) is 5.16. The Morgan fingerprint density at radius 1 is 1.33 bits per heavy atom. The van der Waals surface area contributed by atoms with Crippen LogP contribution in [-0.2, 0) is 11.3 Å². The van der Waals surface area contributed by atoms with Crippen molar-refractivity contribution in [3.63, 3.8) is 0 Å². The maximum absolute atomic E-state index is 13.5. The number of rotatable bonds is 6. The number of aromatic nitrogens is 1. The molecule has 0 aliphatic heterocycles. The zero-order valence-electron chi connectivity index (χ0n) is 12.5. The van der Waals surface area contributed by atoms with Crippen molar-refractivity contribution >= 4 is 17.7 Å². The fourth-order valence-electron chi connectivity index (χ4n) is 1.93. The lowest BCUT2D eigenvalue weighted by Gasteiger charge is -2.18. The Bertz CT molecular complexity index is 687. The van der Waals surface area contributed by atoms with E-state index in [4.69, 9.17) is 16.3 Å². The van der Waals surface area contributed by atoms with Gasteiger partial charge in [-0.05, 0) is 11.6 Å². The number of benzene rings is 1. The molecule has 0 radical (unpaired) electrons. The molecule has 0 spiro atoms. The van der Waals surface area contributed by atoms with Crippen LogP contribution < -0.4 is 5.32 Å². The topological polar surface area (TPSA) is 91.7 Å². The molecule has 0 aliphatic rings. The molecule has 2 atom stereocenters. The minimum absolute atomic E-state index is 0.0676. The Morgan fingerprint density at radius 2 is 2.04 bits per heavy atom. The summed E-state index contributed by atoms with van der Waals surface area (Å²) in [6.45, 7) is -0.265. The maximum atomic E-state index is 13.5. The van der Waals surface area contributed by atoms with E-state index in [-0.39, 0.29) is 23.7 Å². The quantitative estimate of drug-likeness (QED) is 0.692. The molecule has 6 nitrogen and oxygen atoms in total. The molecule has 0 aliphatic carbocycles. The van der Waals surface area contributed by atoms with Crippen LogP contribution in [0.15, 0.2) is 42.6 Å². The summed E-state index contributed by atoms with van der Waals surface area (Å²) in [5.41, 5.74) is 0.551. The molecule has 2 aromatic rings. The molecule has 128 valence electrons. The molecular formula is C16H16ClFN2O4. The minimum Gasteiger partial charge on any atom is -0.445 e. The molecular weight excluding hydrogens is 339 g/mol. The van der Waals surface area contributed by atoms with E-state index in [0.29, 0.717) is 0 Å². The lowest BCUT2D eigenvalue weighted by molar-refractivity contribution is 0.0160. The fourth-order valence-corrected chi connectivity index (χ4v) is 2.09. The van der Waals surface area contributed by atoms with Gasteiger partial charge in [-0.2, -0.15) is 4.39 Å². The van der Waals surface area contributed by atoms with Crippen LogP contribution in [0.4, 0.5) is 9.18 Å². The number of hydrogen-bond acceptors (Lipinski definition) is 5. The monoisotopic (exact) mass is 354 g/mol. The van der Waals surface area contributed by atoms with Gasteiger partial charge in [-0.25, -0.2) is 9.78 Å². The molecule has 0 fully saturated rings. The van der Waals surface area contributed by atoms with E-state index < -0.39 is 24.2 Å². The summed E-state index contributed by atoms with van der Waals surface area (Å²) in [6.07, 6.45) is -2.73. The number of hydrogen-bond donors (Lipinski definition) is 3. The first-order valence-corrected chi connectivity index (χ1v) is 7.47. The molecule has 3 N–H and O–H groups in total. The van der Waals surface area contributed by atoms with Gasteiger partial charge in [-0.1, -0.05) is 41.9 Å². The molecule has 24 heavy (non-hydrogen) atoms. The number of carbonyl (C=O) groups excluding carboxylic acids is 1. The van der Waals surface area contributed by atoms with E-state index >= 15 is 0 Å². The third-order valence-electron chi connectivity index (χ3n) is 3.18. The summed E-state index contributed by atoms with van der Waals surface area (Å²) in [4.78, 5) is 14.9. The van der Waals surface area contributed by atoms with Gasteiger partial charge in [0.15, 0.2) is 0 Å². The summed E-state index contributed by atoms with van der Waals surface area (Å²) in [6, 6.07) is 10.2.